The van der Waals surface area contributed by atoms with Gasteiger partial charge in [0.1, 0.15) is 11.3 Å². The van der Waals surface area contributed by atoms with Gasteiger partial charge in [-0.1, -0.05) is 5.16 Å². The van der Waals surface area contributed by atoms with Gasteiger partial charge in [-0.05, 0) is 13.1 Å². The highest BCUT2D eigenvalue weighted by Crippen LogP contribution is 2.32. The average Bonchev–Trinajstić information content (AvgIpc) is 2.62. The lowest BCUT2D eigenvalue weighted by Crippen LogP contribution is -2.43. The Kier molecular flexibility index (Phi) is 2.65. The lowest BCUT2D eigenvalue weighted by molar-refractivity contribution is -0.121. The molecule has 2 aliphatic rings. The van der Waals surface area contributed by atoms with E-state index < -0.39 is 0 Å². The summed E-state index contributed by atoms with van der Waals surface area (Å²) in [5, 5.41) is 7.21. The average molecular weight is 211 g/mol. The second kappa shape index (κ2) is 3.81. The Labute approximate surface area is 89.4 Å². The lowest BCUT2D eigenvalue weighted by atomic mass is 9.87. The van der Waals surface area contributed by atoms with Crippen LogP contribution in [0.5, 0.6) is 0 Å². The summed E-state index contributed by atoms with van der Waals surface area (Å²) in [4.78, 5) is 18.7. The predicted octanol–water partition coefficient (Wildman–Crippen LogP) is -0.0269. The Morgan fingerprint density at radius 1 is 1.47 bits per heavy atom. The van der Waals surface area contributed by atoms with Crippen molar-refractivity contribution >= 4 is 11.6 Å². The molecule has 1 amide bonds. The van der Waals surface area contributed by atoms with Crippen LogP contribution in [0.25, 0.3) is 0 Å². The number of rotatable bonds is 1. The van der Waals surface area contributed by atoms with E-state index in [2.05, 4.69) is 10.5 Å². The van der Waals surface area contributed by atoms with Crippen LogP contribution in [0.15, 0.2) is 5.16 Å². The van der Waals surface area contributed by atoms with Crippen molar-refractivity contribution in [2.45, 2.75) is 24.9 Å². The normalized spacial score (nSPS) is 23.5. The molecule has 1 saturated heterocycles. The van der Waals surface area contributed by atoms with Gasteiger partial charge in [0, 0.05) is 33.4 Å². The first kappa shape index (κ1) is 10.4. The van der Waals surface area contributed by atoms with E-state index in [9.17, 15) is 4.79 Å². The number of oxime groups is 1. The highest BCUT2D eigenvalue weighted by molar-refractivity contribution is 6.39. The van der Waals surface area contributed by atoms with Crippen LogP contribution in [-0.2, 0) is 9.63 Å². The summed E-state index contributed by atoms with van der Waals surface area (Å²) in [6.07, 6.45) is 2.52. The smallest absolute Gasteiger partial charge is 0.271 e. The molecule has 0 atom stereocenters. The molecule has 2 rings (SSSR count). The van der Waals surface area contributed by atoms with Crippen molar-refractivity contribution in [2.75, 3.05) is 27.2 Å². The minimum absolute atomic E-state index is 0.0367. The van der Waals surface area contributed by atoms with Gasteiger partial charge < -0.3 is 15.1 Å². The number of hydrogen-bond donors (Lipinski definition) is 1. The molecule has 0 aliphatic carbocycles. The molecule has 1 spiro atoms. The van der Waals surface area contributed by atoms with Crippen LogP contribution >= 0.6 is 0 Å². The van der Waals surface area contributed by atoms with E-state index in [1.807, 2.05) is 0 Å². The molecule has 0 aromatic heterocycles. The third-order valence-corrected chi connectivity index (χ3v) is 3.01. The lowest BCUT2D eigenvalue weighted by Gasteiger charge is -2.30. The number of carbonyl (C=O) groups is 1. The monoisotopic (exact) mass is 211 g/mol. The van der Waals surface area contributed by atoms with Crippen molar-refractivity contribution in [2.24, 2.45) is 5.16 Å². The largest absolute Gasteiger partial charge is 0.388 e. The van der Waals surface area contributed by atoms with Crippen molar-refractivity contribution in [3.05, 3.63) is 0 Å². The molecule has 15 heavy (non-hydrogen) atoms. The molecule has 5 heteroatoms. The van der Waals surface area contributed by atoms with E-state index in [0.29, 0.717) is 12.1 Å². The third-order valence-electron chi connectivity index (χ3n) is 3.01. The van der Waals surface area contributed by atoms with Crippen LogP contribution in [0, 0.1) is 0 Å². The predicted molar refractivity (Wildman–Crippen MR) is 56.7 cm³/mol. The molecule has 0 aromatic carbocycles. The van der Waals surface area contributed by atoms with Gasteiger partial charge in [-0.3, -0.25) is 4.79 Å². The number of amides is 1. The Morgan fingerprint density at radius 3 is 2.73 bits per heavy atom. The van der Waals surface area contributed by atoms with Crippen LogP contribution < -0.4 is 5.32 Å². The topological polar surface area (TPSA) is 53.9 Å². The van der Waals surface area contributed by atoms with Gasteiger partial charge in [-0.15, -0.1) is 0 Å². The fraction of sp³-hybridized carbons (Fsp3) is 0.800. The van der Waals surface area contributed by atoms with Gasteiger partial charge in [0.2, 0.25) is 0 Å². The number of nitrogens with zero attached hydrogens (tertiary/aromatic N) is 2. The molecule has 1 N–H and O–H groups in total. The Balaban J connectivity index is 2.00. The second-order valence-electron chi connectivity index (χ2n) is 4.44. The first-order chi connectivity index (χ1) is 7.13. The summed E-state index contributed by atoms with van der Waals surface area (Å²) in [5.41, 5.74) is 0.355. The van der Waals surface area contributed by atoms with Crippen LogP contribution in [0.4, 0.5) is 0 Å². The van der Waals surface area contributed by atoms with E-state index in [1.165, 1.54) is 0 Å². The van der Waals surface area contributed by atoms with Gasteiger partial charge in [-0.25, -0.2) is 0 Å². The molecule has 0 aromatic rings. The van der Waals surface area contributed by atoms with Gasteiger partial charge in [-0.2, -0.15) is 0 Å². The van der Waals surface area contributed by atoms with Crippen LogP contribution in [0.2, 0.25) is 0 Å². The van der Waals surface area contributed by atoms with E-state index >= 15 is 0 Å². The van der Waals surface area contributed by atoms with E-state index in [4.69, 9.17) is 4.84 Å². The minimum Gasteiger partial charge on any atom is -0.388 e. The van der Waals surface area contributed by atoms with E-state index in [0.717, 1.165) is 25.9 Å². The molecular formula is C10H17N3O2. The maximum atomic E-state index is 11.7. The summed E-state index contributed by atoms with van der Waals surface area (Å²) < 4.78 is 0. The second-order valence-corrected chi connectivity index (χ2v) is 4.44. The SMILES string of the molecule is CN(C)C(=O)C1=NOC2(CCNCC2)C1. The fourth-order valence-electron chi connectivity index (χ4n) is 2.04. The molecule has 0 radical (unpaired) electrons. The van der Waals surface area contributed by atoms with E-state index in [-0.39, 0.29) is 11.5 Å². The number of hydrogen-bond acceptors (Lipinski definition) is 4. The number of carbonyl (C=O) groups excluding carboxylic acids is 1. The zero-order chi connectivity index (χ0) is 10.9. The first-order valence-electron chi connectivity index (χ1n) is 5.30. The van der Waals surface area contributed by atoms with Crippen molar-refractivity contribution in [1.82, 2.24) is 10.2 Å². The fourth-order valence-corrected chi connectivity index (χ4v) is 2.04. The molecule has 5 nitrogen and oxygen atoms in total. The number of nitrogens with one attached hydrogen (secondary N) is 1. The zero-order valence-corrected chi connectivity index (χ0v) is 9.25. The molecule has 2 heterocycles. The summed E-state index contributed by atoms with van der Waals surface area (Å²) in [7, 11) is 3.47. The zero-order valence-electron chi connectivity index (χ0n) is 9.25. The van der Waals surface area contributed by atoms with Crippen molar-refractivity contribution in [3.8, 4) is 0 Å². The molecule has 0 unspecified atom stereocenters. The maximum Gasteiger partial charge on any atom is 0.271 e. The van der Waals surface area contributed by atoms with Gasteiger partial charge >= 0.3 is 0 Å². The van der Waals surface area contributed by atoms with Gasteiger partial charge in [0.15, 0.2) is 0 Å². The van der Waals surface area contributed by atoms with Crippen molar-refractivity contribution < 1.29 is 9.63 Å². The van der Waals surface area contributed by atoms with Crippen molar-refractivity contribution in [3.63, 3.8) is 0 Å². The molecule has 1 fully saturated rings. The Hall–Kier alpha value is -1.10. The standard InChI is InChI=1S/C10H17N3O2/c1-13(2)9(14)8-7-10(15-12-8)3-5-11-6-4-10/h11H,3-7H2,1-2H3. The highest BCUT2D eigenvalue weighted by Gasteiger charge is 2.42. The molecule has 84 valence electrons. The Bertz CT molecular complexity index is 293. The van der Waals surface area contributed by atoms with Crippen molar-refractivity contribution in [1.29, 1.82) is 0 Å². The van der Waals surface area contributed by atoms with Crippen LogP contribution in [0.1, 0.15) is 19.3 Å². The first-order valence-corrected chi connectivity index (χ1v) is 5.30. The maximum absolute atomic E-state index is 11.7. The quantitative estimate of drug-likeness (QED) is 0.663. The summed E-state index contributed by atoms with van der Waals surface area (Å²) in [6, 6.07) is 0. The van der Waals surface area contributed by atoms with Gasteiger partial charge in [0.05, 0.1) is 0 Å². The van der Waals surface area contributed by atoms with Crippen LogP contribution in [0.3, 0.4) is 0 Å². The third kappa shape index (κ3) is 1.97. The molecular weight excluding hydrogens is 194 g/mol. The van der Waals surface area contributed by atoms with E-state index in [1.54, 1.807) is 19.0 Å². The molecule has 0 saturated carbocycles. The Morgan fingerprint density at radius 2 is 2.13 bits per heavy atom. The summed E-state index contributed by atoms with van der Waals surface area (Å²) >= 11 is 0. The number of piperidine rings is 1. The summed E-state index contributed by atoms with van der Waals surface area (Å²) in [5.74, 6) is -0.0367. The minimum atomic E-state index is -0.202. The molecule has 2 aliphatic heterocycles. The summed E-state index contributed by atoms with van der Waals surface area (Å²) in [6.45, 7) is 1.89. The molecule has 0 bridgehead atoms. The highest BCUT2D eigenvalue weighted by atomic mass is 16.7. The van der Waals surface area contributed by atoms with Gasteiger partial charge in [0.25, 0.3) is 5.91 Å². The van der Waals surface area contributed by atoms with Crippen LogP contribution in [-0.4, -0.2) is 49.3 Å².